The highest BCUT2D eigenvalue weighted by molar-refractivity contribution is 7.89. The second-order valence-electron chi connectivity index (χ2n) is 7.72. The number of piperidine rings is 1. The second-order valence-corrected chi connectivity index (χ2v) is 11.1. The van der Waals surface area contributed by atoms with Crippen molar-refractivity contribution in [1.82, 2.24) is 9.29 Å². The van der Waals surface area contributed by atoms with E-state index >= 15 is 0 Å². The van der Waals surface area contributed by atoms with Gasteiger partial charge in [-0.1, -0.05) is 48.9 Å². The Hall–Kier alpha value is -1.73. The van der Waals surface area contributed by atoms with Crippen LogP contribution in [0.1, 0.15) is 30.5 Å². The summed E-state index contributed by atoms with van der Waals surface area (Å²) in [5, 5.41) is 1.78. The van der Waals surface area contributed by atoms with Crippen molar-refractivity contribution >= 4 is 33.0 Å². The number of aryl methyl sites for hydroxylation is 1. The monoisotopic (exact) mass is 446 g/mol. The number of halogens is 1. The molecule has 0 N–H and O–H groups in total. The van der Waals surface area contributed by atoms with Crippen LogP contribution in [0.15, 0.2) is 59.5 Å². The minimum Gasteiger partial charge on any atom is -0.245 e. The van der Waals surface area contributed by atoms with E-state index in [2.05, 4.69) is 6.92 Å². The van der Waals surface area contributed by atoms with Crippen molar-refractivity contribution in [2.75, 3.05) is 13.1 Å². The summed E-state index contributed by atoms with van der Waals surface area (Å²) >= 11 is 7.86. The van der Waals surface area contributed by atoms with Crippen LogP contribution in [0.3, 0.4) is 0 Å². The van der Waals surface area contributed by atoms with E-state index in [0.29, 0.717) is 23.0 Å². The minimum absolute atomic E-state index is 0.130. The van der Waals surface area contributed by atoms with E-state index in [9.17, 15) is 8.42 Å². The number of hydrogen-bond donors (Lipinski definition) is 0. The number of aromatic nitrogens is 1. The van der Waals surface area contributed by atoms with Gasteiger partial charge >= 0.3 is 0 Å². The smallest absolute Gasteiger partial charge is 0.243 e. The molecule has 4 nitrogen and oxygen atoms in total. The number of sulfonamides is 1. The topological polar surface area (TPSA) is 50.3 Å². The lowest BCUT2D eigenvalue weighted by molar-refractivity contribution is 0.248. The summed E-state index contributed by atoms with van der Waals surface area (Å²) in [6.07, 6.45) is 1.50. The van der Waals surface area contributed by atoms with Gasteiger partial charge in [0.05, 0.1) is 20.5 Å². The standard InChI is InChI=1S/C22H23ClN2O2S2/c1-16-20(17-7-6-8-18(23)15-17)28-21(24-16)22(2)11-13-25(14-12-22)29(26,27)19-9-4-3-5-10-19/h3-10,15H,11-14H2,1-2H3. The van der Waals surface area contributed by atoms with E-state index in [1.165, 1.54) is 0 Å². The molecule has 0 amide bonds. The Labute approximate surface area is 181 Å². The summed E-state index contributed by atoms with van der Waals surface area (Å²) in [7, 11) is -3.44. The number of nitrogens with zero attached hydrogens (tertiary/aromatic N) is 2. The van der Waals surface area contributed by atoms with Gasteiger partial charge in [0.2, 0.25) is 10.0 Å². The summed E-state index contributed by atoms with van der Waals surface area (Å²) in [6, 6.07) is 16.5. The summed E-state index contributed by atoms with van der Waals surface area (Å²) < 4.78 is 27.4. The first-order valence-corrected chi connectivity index (χ1v) is 12.2. The maximum atomic E-state index is 12.9. The number of benzene rings is 2. The van der Waals surface area contributed by atoms with Gasteiger partial charge in [-0.3, -0.25) is 0 Å². The Balaban J connectivity index is 1.55. The predicted molar refractivity (Wildman–Crippen MR) is 119 cm³/mol. The summed E-state index contributed by atoms with van der Waals surface area (Å²) in [5.74, 6) is 0. The SMILES string of the molecule is Cc1nc(C2(C)CCN(S(=O)(=O)c3ccccc3)CC2)sc1-c1cccc(Cl)c1. The first-order chi connectivity index (χ1) is 13.8. The fourth-order valence-electron chi connectivity index (χ4n) is 3.73. The highest BCUT2D eigenvalue weighted by Gasteiger charge is 2.38. The van der Waals surface area contributed by atoms with Crippen LogP contribution in [0.25, 0.3) is 10.4 Å². The van der Waals surface area contributed by atoms with Gasteiger partial charge in [0.1, 0.15) is 0 Å². The largest absolute Gasteiger partial charge is 0.245 e. The normalized spacial score (nSPS) is 17.3. The van der Waals surface area contributed by atoms with Crippen molar-refractivity contribution in [3.63, 3.8) is 0 Å². The molecule has 0 bridgehead atoms. The fraction of sp³-hybridized carbons (Fsp3) is 0.318. The van der Waals surface area contributed by atoms with Crippen molar-refractivity contribution in [2.24, 2.45) is 0 Å². The first-order valence-electron chi connectivity index (χ1n) is 9.59. The van der Waals surface area contributed by atoms with E-state index in [-0.39, 0.29) is 5.41 Å². The Morgan fingerprint density at radius 1 is 1.07 bits per heavy atom. The zero-order chi connectivity index (χ0) is 20.6. The van der Waals surface area contributed by atoms with Crippen LogP contribution in [0.2, 0.25) is 5.02 Å². The molecule has 1 aliphatic heterocycles. The van der Waals surface area contributed by atoms with Gasteiger partial charge < -0.3 is 0 Å². The Morgan fingerprint density at radius 2 is 1.76 bits per heavy atom. The van der Waals surface area contributed by atoms with Crippen LogP contribution in [-0.4, -0.2) is 30.8 Å². The maximum Gasteiger partial charge on any atom is 0.243 e. The molecule has 3 aromatic rings. The lowest BCUT2D eigenvalue weighted by Gasteiger charge is -2.37. The molecule has 0 saturated carbocycles. The Bertz CT molecular complexity index is 1120. The molecule has 0 spiro atoms. The second kappa shape index (κ2) is 7.84. The molecular weight excluding hydrogens is 424 g/mol. The summed E-state index contributed by atoms with van der Waals surface area (Å²) in [5.41, 5.74) is 1.94. The predicted octanol–water partition coefficient (Wildman–Crippen LogP) is 5.51. The van der Waals surface area contributed by atoms with Gasteiger partial charge in [0.15, 0.2) is 0 Å². The highest BCUT2D eigenvalue weighted by Crippen LogP contribution is 2.42. The van der Waals surface area contributed by atoms with Crippen molar-refractivity contribution in [2.45, 2.75) is 37.0 Å². The third-order valence-corrected chi connectivity index (χ3v) is 9.27. The van der Waals surface area contributed by atoms with Crippen molar-refractivity contribution in [3.8, 4) is 10.4 Å². The zero-order valence-electron chi connectivity index (χ0n) is 16.4. The van der Waals surface area contributed by atoms with E-state index in [0.717, 1.165) is 34.0 Å². The minimum atomic E-state index is -3.44. The average molecular weight is 447 g/mol. The van der Waals surface area contributed by atoms with Gasteiger partial charge in [-0.2, -0.15) is 4.31 Å². The fourth-order valence-corrected chi connectivity index (χ4v) is 6.65. The van der Waals surface area contributed by atoms with E-state index in [1.54, 1.807) is 39.9 Å². The van der Waals surface area contributed by atoms with Gasteiger partial charge in [-0.15, -0.1) is 11.3 Å². The molecule has 2 aromatic carbocycles. The van der Waals surface area contributed by atoms with E-state index in [1.807, 2.05) is 37.3 Å². The number of thiazole rings is 1. The maximum absolute atomic E-state index is 12.9. The molecule has 4 rings (SSSR count). The molecular formula is C22H23ClN2O2S2. The Kier molecular flexibility index (Phi) is 5.55. The molecule has 0 atom stereocenters. The molecule has 0 radical (unpaired) electrons. The molecule has 0 aliphatic carbocycles. The van der Waals surface area contributed by atoms with Crippen molar-refractivity contribution in [1.29, 1.82) is 0 Å². The summed E-state index contributed by atoms with van der Waals surface area (Å²) in [4.78, 5) is 6.35. The lowest BCUT2D eigenvalue weighted by Crippen LogP contribution is -2.43. The van der Waals surface area contributed by atoms with Crippen LogP contribution in [0.4, 0.5) is 0 Å². The van der Waals surface area contributed by atoms with Crippen LogP contribution in [0.5, 0.6) is 0 Å². The van der Waals surface area contributed by atoms with Gasteiger partial charge in [0, 0.05) is 23.5 Å². The Morgan fingerprint density at radius 3 is 2.41 bits per heavy atom. The molecule has 152 valence electrons. The third kappa shape index (κ3) is 3.99. The molecule has 2 heterocycles. The van der Waals surface area contributed by atoms with Gasteiger partial charge in [-0.05, 0) is 49.6 Å². The third-order valence-electron chi connectivity index (χ3n) is 5.61. The number of hydrogen-bond acceptors (Lipinski definition) is 4. The number of rotatable bonds is 4. The molecule has 1 saturated heterocycles. The molecule has 1 aliphatic rings. The first kappa shape index (κ1) is 20.5. The molecule has 1 aromatic heterocycles. The molecule has 0 unspecified atom stereocenters. The van der Waals surface area contributed by atoms with Crippen molar-refractivity contribution in [3.05, 3.63) is 70.3 Å². The van der Waals surface area contributed by atoms with E-state index in [4.69, 9.17) is 16.6 Å². The van der Waals surface area contributed by atoms with Crippen LogP contribution in [0, 0.1) is 6.92 Å². The van der Waals surface area contributed by atoms with Gasteiger partial charge in [0.25, 0.3) is 0 Å². The van der Waals surface area contributed by atoms with Crippen LogP contribution < -0.4 is 0 Å². The molecule has 1 fully saturated rings. The van der Waals surface area contributed by atoms with E-state index < -0.39 is 10.0 Å². The van der Waals surface area contributed by atoms with Crippen molar-refractivity contribution < 1.29 is 8.42 Å². The average Bonchev–Trinajstić information content (AvgIpc) is 3.12. The zero-order valence-corrected chi connectivity index (χ0v) is 18.8. The van der Waals surface area contributed by atoms with Crippen LogP contribution in [-0.2, 0) is 15.4 Å². The molecule has 29 heavy (non-hydrogen) atoms. The quantitative estimate of drug-likeness (QED) is 0.530. The van der Waals surface area contributed by atoms with Gasteiger partial charge in [-0.25, -0.2) is 13.4 Å². The highest BCUT2D eigenvalue weighted by atomic mass is 35.5. The van der Waals surface area contributed by atoms with Crippen LogP contribution >= 0.6 is 22.9 Å². The lowest BCUT2D eigenvalue weighted by atomic mass is 9.82. The summed E-state index contributed by atoms with van der Waals surface area (Å²) in [6.45, 7) is 5.21. The molecule has 7 heteroatoms.